The molecule has 0 fully saturated rings. The highest BCUT2D eigenvalue weighted by molar-refractivity contribution is 6.05. The number of phenols is 1. The molecule has 2 rings (SSSR count). The van der Waals surface area contributed by atoms with Crippen molar-refractivity contribution in [2.45, 2.75) is 13.8 Å². The summed E-state index contributed by atoms with van der Waals surface area (Å²) in [5.41, 5.74) is 9.02. The van der Waals surface area contributed by atoms with E-state index in [2.05, 4.69) is 5.32 Å². The zero-order valence-electron chi connectivity index (χ0n) is 10.9. The average molecular weight is 256 g/mol. The summed E-state index contributed by atoms with van der Waals surface area (Å²) in [6.07, 6.45) is 0. The van der Waals surface area contributed by atoms with Gasteiger partial charge in [0.15, 0.2) is 0 Å². The van der Waals surface area contributed by atoms with Crippen LogP contribution < -0.4 is 11.1 Å². The number of amides is 1. The Bertz CT molecular complexity index is 636. The SMILES string of the molecule is Cc1cc(NC(=O)c2cccc(O)c2C)ccc1N. The highest BCUT2D eigenvalue weighted by Gasteiger charge is 2.11. The lowest BCUT2D eigenvalue weighted by atomic mass is 10.1. The lowest BCUT2D eigenvalue weighted by Gasteiger charge is -2.10. The Kier molecular flexibility index (Phi) is 3.42. The first-order chi connectivity index (χ1) is 8.99. The number of aryl methyl sites for hydroxylation is 1. The molecule has 1 amide bonds. The molecular formula is C15H16N2O2. The van der Waals surface area contributed by atoms with E-state index >= 15 is 0 Å². The van der Waals surface area contributed by atoms with E-state index in [1.54, 1.807) is 37.3 Å². The van der Waals surface area contributed by atoms with Gasteiger partial charge >= 0.3 is 0 Å². The molecule has 4 nitrogen and oxygen atoms in total. The van der Waals surface area contributed by atoms with Crippen molar-refractivity contribution in [3.05, 3.63) is 53.1 Å². The second kappa shape index (κ2) is 5.02. The smallest absolute Gasteiger partial charge is 0.256 e. The third-order valence-electron chi connectivity index (χ3n) is 3.08. The molecule has 0 unspecified atom stereocenters. The Morgan fingerprint density at radius 1 is 1.21 bits per heavy atom. The van der Waals surface area contributed by atoms with Crippen LogP contribution in [0.1, 0.15) is 21.5 Å². The maximum Gasteiger partial charge on any atom is 0.256 e. The van der Waals surface area contributed by atoms with Crippen molar-refractivity contribution in [2.75, 3.05) is 11.1 Å². The Labute approximate surface area is 111 Å². The number of hydrogen-bond donors (Lipinski definition) is 3. The van der Waals surface area contributed by atoms with Crippen molar-refractivity contribution in [1.82, 2.24) is 0 Å². The molecular weight excluding hydrogens is 240 g/mol. The van der Waals surface area contributed by atoms with Gasteiger partial charge in [-0.15, -0.1) is 0 Å². The van der Waals surface area contributed by atoms with Crippen LogP contribution in [0.25, 0.3) is 0 Å². The number of aromatic hydroxyl groups is 1. The topological polar surface area (TPSA) is 75.3 Å². The number of nitrogens with one attached hydrogen (secondary N) is 1. The van der Waals surface area contributed by atoms with E-state index in [-0.39, 0.29) is 11.7 Å². The summed E-state index contributed by atoms with van der Waals surface area (Å²) in [7, 11) is 0. The van der Waals surface area contributed by atoms with Crippen LogP contribution in [0.15, 0.2) is 36.4 Å². The van der Waals surface area contributed by atoms with Crippen LogP contribution in [0.2, 0.25) is 0 Å². The molecule has 0 bridgehead atoms. The summed E-state index contributed by atoms with van der Waals surface area (Å²) >= 11 is 0. The Morgan fingerprint density at radius 3 is 2.63 bits per heavy atom. The van der Waals surface area contributed by atoms with Gasteiger partial charge in [-0.25, -0.2) is 0 Å². The summed E-state index contributed by atoms with van der Waals surface area (Å²) in [5, 5.41) is 12.4. The van der Waals surface area contributed by atoms with Crippen LogP contribution in [0.3, 0.4) is 0 Å². The molecule has 98 valence electrons. The average Bonchev–Trinajstić information content (AvgIpc) is 2.37. The molecule has 0 aromatic heterocycles. The molecule has 0 heterocycles. The zero-order chi connectivity index (χ0) is 14.0. The second-order valence-electron chi connectivity index (χ2n) is 4.48. The Hall–Kier alpha value is -2.49. The van der Waals surface area contributed by atoms with Gasteiger partial charge in [0.2, 0.25) is 0 Å². The van der Waals surface area contributed by atoms with Gasteiger partial charge < -0.3 is 16.2 Å². The number of nitrogens with two attached hydrogens (primary N) is 1. The van der Waals surface area contributed by atoms with Crippen molar-refractivity contribution < 1.29 is 9.90 Å². The fraction of sp³-hybridized carbons (Fsp3) is 0.133. The summed E-state index contributed by atoms with van der Waals surface area (Å²) in [5.74, 6) is -0.140. The molecule has 19 heavy (non-hydrogen) atoms. The van der Waals surface area contributed by atoms with E-state index in [9.17, 15) is 9.90 Å². The summed E-state index contributed by atoms with van der Waals surface area (Å²) < 4.78 is 0. The standard InChI is InChI=1S/C15H16N2O2/c1-9-8-11(6-7-13(9)16)17-15(19)12-4-3-5-14(18)10(12)2/h3-8,18H,16H2,1-2H3,(H,17,19). The molecule has 2 aromatic rings. The minimum Gasteiger partial charge on any atom is -0.508 e. The summed E-state index contributed by atoms with van der Waals surface area (Å²) in [6.45, 7) is 3.59. The molecule has 0 atom stereocenters. The molecule has 0 radical (unpaired) electrons. The number of carbonyl (C=O) groups excluding carboxylic acids is 1. The van der Waals surface area contributed by atoms with Gasteiger partial charge in [0, 0.05) is 22.5 Å². The van der Waals surface area contributed by atoms with Gasteiger partial charge in [0.25, 0.3) is 5.91 Å². The fourth-order valence-corrected chi connectivity index (χ4v) is 1.82. The van der Waals surface area contributed by atoms with Crippen LogP contribution >= 0.6 is 0 Å². The van der Waals surface area contributed by atoms with Gasteiger partial charge in [0.05, 0.1) is 0 Å². The van der Waals surface area contributed by atoms with Crippen molar-refractivity contribution in [1.29, 1.82) is 0 Å². The number of benzene rings is 2. The van der Waals surface area contributed by atoms with E-state index in [4.69, 9.17) is 5.73 Å². The number of carbonyl (C=O) groups is 1. The third kappa shape index (κ3) is 2.68. The predicted octanol–water partition coefficient (Wildman–Crippen LogP) is 2.84. The van der Waals surface area contributed by atoms with Crippen LogP contribution in [0.4, 0.5) is 11.4 Å². The highest BCUT2D eigenvalue weighted by atomic mass is 16.3. The van der Waals surface area contributed by atoms with E-state index in [0.717, 1.165) is 5.56 Å². The van der Waals surface area contributed by atoms with Crippen LogP contribution in [0, 0.1) is 13.8 Å². The van der Waals surface area contributed by atoms with E-state index in [1.165, 1.54) is 0 Å². The van der Waals surface area contributed by atoms with Crippen LogP contribution in [-0.4, -0.2) is 11.0 Å². The van der Waals surface area contributed by atoms with E-state index in [0.29, 0.717) is 22.5 Å². The Balaban J connectivity index is 2.26. The zero-order valence-corrected chi connectivity index (χ0v) is 10.9. The number of rotatable bonds is 2. The monoisotopic (exact) mass is 256 g/mol. The summed E-state index contributed by atoms with van der Waals surface area (Å²) in [4.78, 5) is 12.1. The minimum atomic E-state index is -0.252. The molecule has 4 N–H and O–H groups in total. The normalized spacial score (nSPS) is 10.2. The quantitative estimate of drug-likeness (QED) is 0.723. The van der Waals surface area contributed by atoms with Crippen molar-refractivity contribution >= 4 is 17.3 Å². The summed E-state index contributed by atoms with van der Waals surface area (Å²) in [6, 6.07) is 10.2. The Morgan fingerprint density at radius 2 is 1.95 bits per heavy atom. The van der Waals surface area contributed by atoms with Gasteiger partial charge in [-0.3, -0.25) is 4.79 Å². The highest BCUT2D eigenvalue weighted by Crippen LogP contribution is 2.22. The molecule has 2 aromatic carbocycles. The fourth-order valence-electron chi connectivity index (χ4n) is 1.82. The van der Waals surface area contributed by atoms with Crippen molar-refractivity contribution in [3.63, 3.8) is 0 Å². The number of phenolic OH excluding ortho intramolecular Hbond substituents is 1. The van der Waals surface area contributed by atoms with Gasteiger partial charge in [-0.05, 0) is 49.7 Å². The van der Waals surface area contributed by atoms with Crippen LogP contribution in [-0.2, 0) is 0 Å². The molecule has 4 heteroatoms. The van der Waals surface area contributed by atoms with E-state index < -0.39 is 0 Å². The first kappa shape index (κ1) is 13.0. The molecule has 0 spiro atoms. The lowest BCUT2D eigenvalue weighted by molar-refractivity contribution is 0.102. The second-order valence-corrected chi connectivity index (χ2v) is 4.48. The minimum absolute atomic E-state index is 0.112. The molecule has 0 saturated heterocycles. The van der Waals surface area contributed by atoms with Crippen molar-refractivity contribution in [3.8, 4) is 5.75 Å². The van der Waals surface area contributed by atoms with Gasteiger partial charge in [-0.2, -0.15) is 0 Å². The maximum atomic E-state index is 12.1. The molecule has 0 aliphatic rings. The van der Waals surface area contributed by atoms with E-state index in [1.807, 2.05) is 13.0 Å². The van der Waals surface area contributed by atoms with Crippen LogP contribution in [0.5, 0.6) is 5.75 Å². The molecule has 0 aliphatic carbocycles. The maximum absolute atomic E-state index is 12.1. The first-order valence-corrected chi connectivity index (χ1v) is 5.95. The first-order valence-electron chi connectivity index (χ1n) is 5.95. The molecule has 0 saturated carbocycles. The lowest BCUT2D eigenvalue weighted by Crippen LogP contribution is -2.13. The molecule has 0 aliphatic heterocycles. The van der Waals surface area contributed by atoms with Gasteiger partial charge in [-0.1, -0.05) is 6.07 Å². The third-order valence-corrected chi connectivity index (χ3v) is 3.08. The van der Waals surface area contributed by atoms with Gasteiger partial charge in [0.1, 0.15) is 5.75 Å². The number of nitrogen functional groups attached to an aromatic ring is 1. The largest absolute Gasteiger partial charge is 0.508 e. The number of anilines is 2. The predicted molar refractivity (Wildman–Crippen MR) is 76.4 cm³/mol. The number of hydrogen-bond acceptors (Lipinski definition) is 3. The van der Waals surface area contributed by atoms with Crippen molar-refractivity contribution in [2.24, 2.45) is 0 Å².